The summed E-state index contributed by atoms with van der Waals surface area (Å²) in [5, 5.41) is 18.9. The highest BCUT2D eigenvalue weighted by molar-refractivity contribution is 5.38. The lowest BCUT2D eigenvalue weighted by Crippen LogP contribution is -2.28. The normalized spacial score (nSPS) is 22.2. The maximum absolute atomic E-state index is 9.69. The fourth-order valence-corrected chi connectivity index (χ4v) is 1.25. The van der Waals surface area contributed by atoms with Crippen LogP contribution in [0.1, 0.15) is 20.8 Å². The van der Waals surface area contributed by atoms with Crippen LogP contribution in [0.5, 0.6) is 0 Å². The zero-order valence-electron chi connectivity index (χ0n) is 8.28. The molecule has 0 aliphatic heterocycles. The molecule has 0 amide bonds. The molecule has 13 heavy (non-hydrogen) atoms. The zero-order valence-corrected chi connectivity index (χ0v) is 8.28. The average molecular weight is 180 g/mol. The van der Waals surface area contributed by atoms with Crippen LogP contribution in [0.25, 0.3) is 0 Å². The molecular weight excluding hydrogens is 164 g/mol. The molecule has 0 heterocycles. The molecule has 2 nitrogen and oxygen atoms in total. The molecule has 0 spiro atoms. The van der Waals surface area contributed by atoms with E-state index in [0.29, 0.717) is 5.76 Å². The molecule has 0 unspecified atom stereocenters. The van der Waals surface area contributed by atoms with E-state index in [1.807, 2.05) is 24.3 Å². The second-order valence-corrected chi connectivity index (χ2v) is 3.94. The molecule has 0 aromatic heterocycles. The van der Waals surface area contributed by atoms with Crippen LogP contribution in [0.2, 0.25) is 0 Å². The summed E-state index contributed by atoms with van der Waals surface area (Å²) in [5.41, 5.74) is 0.0718. The third kappa shape index (κ3) is 2.46. The first kappa shape index (κ1) is 10.1. The van der Waals surface area contributed by atoms with Crippen LogP contribution in [0.3, 0.4) is 0 Å². The number of allylic oxidation sites excluding steroid dienone is 4. The Balaban J connectivity index is 2.81. The minimum absolute atomic E-state index is 0.0237. The van der Waals surface area contributed by atoms with E-state index >= 15 is 0 Å². The van der Waals surface area contributed by atoms with Gasteiger partial charge in [-0.15, -0.1) is 0 Å². The fourth-order valence-electron chi connectivity index (χ4n) is 1.25. The first-order valence-electron chi connectivity index (χ1n) is 4.40. The molecule has 0 fully saturated rings. The van der Waals surface area contributed by atoms with Gasteiger partial charge < -0.3 is 10.2 Å². The van der Waals surface area contributed by atoms with Crippen LogP contribution in [-0.4, -0.2) is 15.8 Å². The van der Waals surface area contributed by atoms with Crippen molar-refractivity contribution in [2.45, 2.75) is 26.4 Å². The second kappa shape index (κ2) is 3.38. The van der Waals surface area contributed by atoms with Crippen LogP contribution in [0.4, 0.5) is 0 Å². The molecule has 1 aliphatic rings. The minimum atomic E-state index is -0.734. The number of hydrogen-bond acceptors (Lipinski definition) is 2. The smallest absolute Gasteiger partial charge is 0.0963 e. The average Bonchev–Trinajstić information content (AvgIpc) is 2.03. The van der Waals surface area contributed by atoms with E-state index < -0.39 is 5.60 Å². The van der Waals surface area contributed by atoms with Crippen molar-refractivity contribution < 1.29 is 10.2 Å². The van der Waals surface area contributed by atoms with Crippen LogP contribution in [0, 0.1) is 5.92 Å². The van der Waals surface area contributed by atoms with Gasteiger partial charge in [0.05, 0.1) is 11.4 Å². The summed E-state index contributed by atoms with van der Waals surface area (Å²) in [5.74, 6) is 0.331. The van der Waals surface area contributed by atoms with Gasteiger partial charge in [-0.3, -0.25) is 0 Å². The van der Waals surface area contributed by atoms with Crippen molar-refractivity contribution in [1.82, 2.24) is 0 Å². The van der Waals surface area contributed by atoms with Crippen molar-refractivity contribution in [3.8, 4) is 0 Å². The van der Waals surface area contributed by atoms with Crippen molar-refractivity contribution >= 4 is 0 Å². The summed E-state index contributed by atoms with van der Waals surface area (Å²) in [6, 6.07) is 0. The van der Waals surface area contributed by atoms with E-state index in [1.54, 1.807) is 20.8 Å². The van der Waals surface area contributed by atoms with Crippen molar-refractivity contribution in [2.24, 2.45) is 5.92 Å². The summed E-state index contributed by atoms with van der Waals surface area (Å²) < 4.78 is 0. The molecule has 2 heteroatoms. The SMILES string of the molecule is CC(O)=C1C=CC(C(C)(C)O)C=C1. The van der Waals surface area contributed by atoms with Gasteiger partial charge in [-0.05, 0) is 20.8 Å². The second-order valence-electron chi connectivity index (χ2n) is 3.94. The third-order valence-corrected chi connectivity index (χ3v) is 2.20. The van der Waals surface area contributed by atoms with E-state index in [0.717, 1.165) is 5.57 Å². The minimum Gasteiger partial charge on any atom is -0.512 e. The highest BCUT2D eigenvalue weighted by Gasteiger charge is 2.23. The summed E-state index contributed by atoms with van der Waals surface area (Å²) in [6.07, 6.45) is 7.46. The Labute approximate surface area is 78.9 Å². The van der Waals surface area contributed by atoms with Gasteiger partial charge in [0.25, 0.3) is 0 Å². The first-order chi connectivity index (χ1) is 5.91. The molecule has 0 atom stereocenters. The van der Waals surface area contributed by atoms with Gasteiger partial charge in [0, 0.05) is 11.5 Å². The Bertz CT molecular complexity index is 257. The highest BCUT2D eigenvalue weighted by Crippen LogP contribution is 2.24. The van der Waals surface area contributed by atoms with E-state index in [-0.39, 0.29) is 5.92 Å². The Kier molecular flexibility index (Phi) is 2.62. The summed E-state index contributed by atoms with van der Waals surface area (Å²) in [6.45, 7) is 5.19. The predicted octanol–water partition coefficient (Wildman–Crippen LogP) is 2.33. The van der Waals surface area contributed by atoms with Gasteiger partial charge in [-0.1, -0.05) is 24.3 Å². The van der Waals surface area contributed by atoms with Gasteiger partial charge >= 0.3 is 0 Å². The van der Waals surface area contributed by atoms with Gasteiger partial charge in [0.1, 0.15) is 0 Å². The molecule has 72 valence electrons. The standard InChI is InChI=1S/C11H16O2/c1-8(12)9-4-6-10(7-5-9)11(2,3)13/h4-7,10,12-13H,1-3H3. The largest absolute Gasteiger partial charge is 0.512 e. The molecule has 0 aromatic carbocycles. The van der Waals surface area contributed by atoms with Gasteiger partial charge in [0.15, 0.2) is 0 Å². The Morgan fingerprint density at radius 3 is 2.08 bits per heavy atom. The Morgan fingerprint density at radius 2 is 1.77 bits per heavy atom. The maximum Gasteiger partial charge on any atom is 0.0963 e. The van der Waals surface area contributed by atoms with E-state index in [2.05, 4.69) is 0 Å². The Morgan fingerprint density at radius 1 is 1.31 bits per heavy atom. The topological polar surface area (TPSA) is 40.5 Å². The van der Waals surface area contributed by atoms with Crippen molar-refractivity contribution in [3.05, 3.63) is 35.6 Å². The quantitative estimate of drug-likeness (QED) is 0.608. The van der Waals surface area contributed by atoms with Gasteiger partial charge in [-0.2, -0.15) is 0 Å². The van der Waals surface area contributed by atoms with Gasteiger partial charge in [-0.25, -0.2) is 0 Å². The van der Waals surface area contributed by atoms with Crippen LogP contribution < -0.4 is 0 Å². The number of rotatable bonds is 1. The monoisotopic (exact) mass is 180 g/mol. The van der Waals surface area contributed by atoms with Crippen LogP contribution >= 0.6 is 0 Å². The van der Waals surface area contributed by atoms with E-state index in [1.165, 1.54) is 0 Å². The predicted molar refractivity (Wildman–Crippen MR) is 53.4 cm³/mol. The Hall–Kier alpha value is -1.02. The molecule has 1 aliphatic carbocycles. The number of aliphatic hydroxyl groups is 2. The molecule has 0 saturated carbocycles. The molecule has 0 radical (unpaired) electrons. The van der Waals surface area contributed by atoms with Crippen LogP contribution in [-0.2, 0) is 0 Å². The fraction of sp³-hybridized carbons (Fsp3) is 0.455. The zero-order chi connectivity index (χ0) is 10.1. The van der Waals surface area contributed by atoms with E-state index in [4.69, 9.17) is 0 Å². The van der Waals surface area contributed by atoms with Crippen molar-refractivity contribution in [1.29, 1.82) is 0 Å². The molecule has 0 saturated heterocycles. The first-order valence-corrected chi connectivity index (χ1v) is 4.40. The molecule has 0 bridgehead atoms. The third-order valence-electron chi connectivity index (χ3n) is 2.20. The lowest BCUT2D eigenvalue weighted by Gasteiger charge is -2.25. The molecule has 0 aromatic rings. The molecular formula is C11H16O2. The van der Waals surface area contributed by atoms with E-state index in [9.17, 15) is 10.2 Å². The lowest BCUT2D eigenvalue weighted by atomic mass is 9.86. The number of aliphatic hydroxyl groups excluding tert-OH is 1. The molecule has 2 N–H and O–H groups in total. The summed E-state index contributed by atoms with van der Waals surface area (Å²) in [4.78, 5) is 0. The summed E-state index contributed by atoms with van der Waals surface area (Å²) >= 11 is 0. The molecule has 1 rings (SSSR count). The van der Waals surface area contributed by atoms with Crippen LogP contribution in [0.15, 0.2) is 35.6 Å². The van der Waals surface area contributed by atoms with Crippen molar-refractivity contribution in [3.63, 3.8) is 0 Å². The summed E-state index contributed by atoms with van der Waals surface area (Å²) in [7, 11) is 0. The number of hydrogen-bond donors (Lipinski definition) is 2. The maximum atomic E-state index is 9.69. The highest BCUT2D eigenvalue weighted by atomic mass is 16.3. The van der Waals surface area contributed by atoms with Crippen molar-refractivity contribution in [2.75, 3.05) is 0 Å². The lowest BCUT2D eigenvalue weighted by molar-refractivity contribution is 0.0542. The van der Waals surface area contributed by atoms with Gasteiger partial charge in [0.2, 0.25) is 0 Å².